The van der Waals surface area contributed by atoms with Gasteiger partial charge in [0.05, 0.1) is 10.6 Å². The van der Waals surface area contributed by atoms with Gasteiger partial charge in [-0.05, 0) is 37.8 Å². The molecule has 90 valence electrons. The highest BCUT2D eigenvalue weighted by molar-refractivity contribution is 7.15. The Morgan fingerprint density at radius 3 is 3.00 bits per heavy atom. The van der Waals surface area contributed by atoms with Gasteiger partial charge >= 0.3 is 0 Å². The van der Waals surface area contributed by atoms with E-state index < -0.39 is 0 Å². The Bertz CT molecular complexity index is 556. The second-order valence-electron chi connectivity index (χ2n) is 4.83. The van der Waals surface area contributed by atoms with Crippen molar-refractivity contribution >= 4 is 22.9 Å². The molecule has 17 heavy (non-hydrogen) atoms. The number of thiophene rings is 1. The van der Waals surface area contributed by atoms with E-state index in [9.17, 15) is 0 Å². The molecule has 0 amide bonds. The number of aryl methyl sites for hydroxylation is 1. The van der Waals surface area contributed by atoms with Gasteiger partial charge in [0, 0.05) is 11.4 Å². The Balaban J connectivity index is 2.10. The van der Waals surface area contributed by atoms with Crippen LogP contribution in [-0.4, -0.2) is 9.55 Å². The van der Waals surface area contributed by atoms with Crippen LogP contribution in [0, 0.1) is 12.8 Å². The predicted octanol–water partition coefficient (Wildman–Crippen LogP) is 4.16. The van der Waals surface area contributed by atoms with Gasteiger partial charge in [-0.25, -0.2) is 4.98 Å². The van der Waals surface area contributed by atoms with Gasteiger partial charge in [0.25, 0.3) is 0 Å². The maximum Gasteiger partial charge on any atom is 0.152 e. The monoisotopic (exact) mass is 266 g/mol. The van der Waals surface area contributed by atoms with Crippen molar-refractivity contribution in [3.63, 3.8) is 0 Å². The maximum absolute atomic E-state index is 6.26. The second-order valence-corrected chi connectivity index (χ2v) is 6.48. The molecule has 0 saturated carbocycles. The number of rotatable bonds is 1. The Morgan fingerprint density at radius 2 is 2.29 bits per heavy atom. The Morgan fingerprint density at radius 1 is 1.47 bits per heavy atom. The molecule has 1 aliphatic heterocycles. The Hall–Kier alpha value is -0.800. The van der Waals surface area contributed by atoms with E-state index in [-0.39, 0.29) is 0 Å². The number of aromatic nitrogens is 2. The van der Waals surface area contributed by atoms with Crippen LogP contribution in [0.25, 0.3) is 10.7 Å². The summed E-state index contributed by atoms with van der Waals surface area (Å²) in [7, 11) is 0. The van der Waals surface area contributed by atoms with Crippen LogP contribution in [0.2, 0.25) is 5.15 Å². The highest BCUT2D eigenvalue weighted by Gasteiger charge is 2.23. The molecule has 4 heteroatoms. The number of hydrogen-bond acceptors (Lipinski definition) is 2. The van der Waals surface area contributed by atoms with Gasteiger partial charge in [-0.3, -0.25) is 0 Å². The molecule has 3 heterocycles. The van der Waals surface area contributed by atoms with Crippen molar-refractivity contribution in [2.45, 2.75) is 33.2 Å². The number of hydrogen-bond donors (Lipinski definition) is 0. The van der Waals surface area contributed by atoms with Crippen LogP contribution in [0.4, 0.5) is 0 Å². The minimum absolute atomic E-state index is 0.692. The first-order chi connectivity index (χ1) is 8.15. The molecule has 0 N–H and O–H groups in total. The summed E-state index contributed by atoms with van der Waals surface area (Å²) in [5.74, 6) is 1.77. The van der Waals surface area contributed by atoms with Gasteiger partial charge in [-0.2, -0.15) is 0 Å². The topological polar surface area (TPSA) is 17.8 Å². The number of nitrogens with zero attached hydrogens (tertiary/aromatic N) is 2. The highest BCUT2D eigenvalue weighted by atomic mass is 35.5. The molecule has 0 bridgehead atoms. The number of fused-ring (bicyclic) bond motifs is 1. The largest absolute Gasteiger partial charge is 0.326 e. The molecular formula is C13H15ClN2S. The van der Waals surface area contributed by atoms with E-state index in [4.69, 9.17) is 11.6 Å². The van der Waals surface area contributed by atoms with E-state index in [2.05, 4.69) is 35.5 Å². The zero-order valence-corrected chi connectivity index (χ0v) is 11.6. The summed E-state index contributed by atoms with van der Waals surface area (Å²) in [6, 6.07) is 4.28. The standard InChI is InChI=1S/C13H15ClN2S/c1-8-5-6-16-10(7-8)12(14)15-13(16)11-4-3-9(2)17-11/h3-4,8H,5-7H2,1-2H3. The fraction of sp³-hybridized carbons (Fsp3) is 0.462. The summed E-state index contributed by atoms with van der Waals surface area (Å²) in [6.45, 7) is 5.45. The number of halogens is 1. The molecule has 2 aromatic rings. The molecule has 0 aliphatic carbocycles. The molecule has 1 unspecified atom stereocenters. The van der Waals surface area contributed by atoms with Gasteiger partial charge in [0.2, 0.25) is 0 Å². The maximum atomic E-state index is 6.26. The lowest BCUT2D eigenvalue weighted by Gasteiger charge is -2.21. The quantitative estimate of drug-likeness (QED) is 0.758. The highest BCUT2D eigenvalue weighted by Crippen LogP contribution is 2.34. The molecule has 3 rings (SSSR count). The summed E-state index contributed by atoms with van der Waals surface area (Å²) in [6.07, 6.45) is 2.27. The van der Waals surface area contributed by atoms with E-state index >= 15 is 0 Å². The van der Waals surface area contributed by atoms with Crippen LogP contribution in [0.3, 0.4) is 0 Å². The van der Waals surface area contributed by atoms with Crippen molar-refractivity contribution in [3.05, 3.63) is 27.9 Å². The summed E-state index contributed by atoms with van der Waals surface area (Å²) < 4.78 is 2.30. The fourth-order valence-corrected chi connectivity index (χ4v) is 3.54. The molecule has 2 nitrogen and oxygen atoms in total. The Kier molecular flexibility index (Phi) is 2.75. The zero-order chi connectivity index (χ0) is 12.0. The lowest BCUT2D eigenvalue weighted by molar-refractivity contribution is 0.419. The van der Waals surface area contributed by atoms with E-state index in [1.165, 1.54) is 21.9 Å². The van der Waals surface area contributed by atoms with Crippen molar-refractivity contribution in [2.75, 3.05) is 0 Å². The van der Waals surface area contributed by atoms with E-state index in [0.717, 1.165) is 24.7 Å². The summed E-state index contributed by atoms with van der Waals surface area (Å²) >= 11 is 8.04. The van der Waals surface area contributed by atoms with Gasteiger partial charge < -0.3 is 4.57 Å². The van der Waals surface area contributed by atoms with Gasteiger partial charge in [0.1, 0.15) is 0 Å². The lowest BCUT2D eigenvalue weighted by Crippen LogP contribution is -2.17. The third-order valence-corrected chi connectivity index (χ3v) is 4.67. The molecule has 1 atom stereocenters. The molecule has 0 fully saturated rings. The zero-order valence-electron chi connectivity index (χ0n) is 10.0. The first-order valence-corrected chi connectivity index (χ1v) is 7.16. The van der Waals surface area contributed by atoms with E-state index in [0.29, 0.717) is 5.15 Å². The van der Waals surface area contributed by atoms with Gasteiger partial charge in [0.15, 0.2) is 11.0 Å². The summed E-state index contributed by atoms with van der Waals surface area (Å²) in [5.41, 5.74) is 1.21. The first-order valence-electron chi connectivity index (χ1n) is 5.97. The molecular weight excluding hydrogens is 252 g/mol. The smallest absolute Gasteiger partial charge is 0.152 e. The van der Waals surface area contributed by atoms with E-state index in [1.54, 1.807) is 11.3 Å². The average molecular weight is 267 g/mol. The summed E-state index contributed by atoms with van der Waals surface area (Å²) in [4.78, 5) is 7.09. The van der Waals surface area contributed by atoms with Crippen molar-refractivity contribution in [1.82, 2.24) is 9.55 Å². The molecule has 2 aromatic heterocycles. The Labute approximate surface area is 110 Å². The third-order valence-electron chi connectivity index (χ3n) is 3.37. The van der Waals surface area contributed by atoms with Crippen LogP contribution >= 0.6 is 22.9 Å². The van der Waals surface area contributed by atoms with Crippen LogP contribution in [0.5, 0.6) is 0 Å². The minimum atomic E-state index is 0.692. The lowest BCUT2D eigenvalue weighted by atomic mass is 9.98. The van der Waals surface area contributed by atoms with E-state index in [1.807, 2.05) is 0 Å². The second kappa shape index (κ2) is 4.14. The minimum Gasteiger partial charge on any atom is -0.326 e. The summed E-state index contributed by atoms with van der Waals surface area (Å²) in [5, 5.41) is 0.692. The molecule has 0 radical (unpaired) electrons. The van der Waals surface area contributed by atoms with Crippen LogP contribution in [0.1, 0.15) is 23.9 Å². The third kappa shape index (κ3) is 1.91. The normalized spacial score (nSPS) is 19.4. The fourth-order valence-electron chi connectivity index (χ4n) is 2.42. The predicted molar refractivity (Wildman–Crippen MR) is 72.8 cm³/mol. The SMILES string of the molecule is Cc1ccc(-c2nc(Cl)c3n2CCC(C)C3)s1. The van der Waals surface area contributed by atoms with Crippen LogP contribution in [0.15, 0.2) is 12.1 Å². The molecule has 1 aliphatic rings. The molecule has 0 aromatic carbocycles. The van der Waals surface area contributed by atoms with Gasteiger partial charge in [-0.1, -0.05) is 18.5 Å². The first kappa shape index (κ1) is 11.3. The van der Waals surface area contributed by atoms with Crippen molar-refractivity contribution in [1.29, 1.82) is 0 Å². The molecule has 0 saturated heterocycles. The van der Waals surface area contributed by atoms with Crippen LogP contribution in [-0.2, 0) is 13.0 Å². The van der Waals surface area contributed by atoms with Crippen molar-refractivity contribution in [3.8, 4) is 10.7 Å². The van der Waals surface area contributed by atoms with Crippen molar-refractivity contribution < 1.29 is 0 Å². The number of imidazole rings is 1. The van der Waals surface area contributed by atoms with Crippen LogP contribution < -0.4 is 0 Å². The van der Waals surface area contributed by atoms with Crippen molar-refractivity contribution in [2.24, 2.45) is 5.92 Å². The molecule has 0 spiro atoms. The average Bonchev–Trinajstić information content (AvgIpc) is 2.84. The van der Waals surface area contributed by atoms with Gasteiger partial charge in [-0.15, -0.1) is 11.3 Å².